The molecule has 0 amide bonds. The van der Waals surface area contributed by atoms with E-state index in [1.165, 1.54) is 24.2 Å². The Hall–Kier alpha value is -4.88. The van der Waals surface area contributed by atoms with Gasteiger partial charge in [-0.25, -0.2) is 24.2 Å². The van der Waals surface area contributed by atoms with Crippen LogP contribution in [0.4, 0.5) is 17.3 Å². The van der Waals surface area contributed by atoms with Gasteiger partial charge in [-0.3, -0.25) is 4.79 Å². The van der Waals surface area contributed by atoms with Crippen molar-refractivity contribution in [1.82, 2.24) is 44.2 Å². The van der Waals surface area contributed by atoms with Crippen LogP contribution in [0.1, 0.15) is 24.2 Å². The average molecular weight is 608 g/mol. The molecule has 6 aromatic rings. The number of hydrogen-bond donors (Lipinski definition) is 2. The summed E-state index contributed by atoms with van der Waals surface area (Å²) in [5.74, 6) is 1.20. The van der Waals surface area contributed by atoms with E-state index in [9.17, 15) is 4.79 Å². The van der Waals surface area contributed by atoms with E-state index in [-0.39, 0.29) is 5.56 Å². The molecule has 1 aliphatic heterocycles. The fourth-order valence-corrected chi connectivity index (χ4v) is 6.57. The smallest absolute Gasteiger partial charge is 0.266 e. The first-order chi connectivity index (χ1) is 21.4. The molecule has 13 heteroatoms. The Kier molecular flexibility index (Phi) is 7.18. The van der Waals surface area contributed by atoms with Gasteiger partial charge in [0.1, 0.15) is 0 Å². The maximum absolute atomic E-state index is 14.2. The van der Waals surface area contributed by atoms with Crippen LogP contribution < -0.4 is 21.1 Å². The lowest BCUT2D eigenvalue weighted by atomic mass is 10.0. The molecule has 1 unspecified atom stereocenters. The summed E-state index contributed by atoms with van der Waals surface area (Å²) in [6.07, 6.45) is 9.27. The van der Waals surface area contributed by atoms with E-state index in [0.717, 1.165) is 47.2 Å². The van der Waals surface area contributed by atoms with Crippen molar-refractivity contribution < 1.29 is 0 Å². The highest BCUT2D eigenvalue weighted by Crippen LogP contribution is 2.30. The predicted octanol–water partition coefficient (Wildman–Crippen LogP) is 4.37. The Morgan fingerprint density at radius 3 is 2.68 bits per heavy atom. The van der Waals surface area contributed by atoms with Gasteiger partial charge in [0.25, 0.3) is 5.56 Å². The zero-order chi connectivity index (χ0) is 30.4. The Labute approximate surface area is 258 Å². The molecule has 0 bridgehead atoms. The fourth-order valence-electron chi connectivity index (χ4n) is 5.93. The molecule has 1 fully saturated rings. The summed E-state index contributed by atoms with van der Waals surface area (Å²) in [6.45, 7) is 5.95. The number of aromatic nitrogens is 8. The number of benzene rings is 1. The standard InChI is InChI=1S/C31H33N11OS/c1-19-27(20(2)42(38-19)26-17-33-18-39(26)3)25-14-21-15-35-30(37-28(21)41(29(25)43)31-34-12-13-44-31)36-22-7-9-23(10-8-22)40(4)24-6-5-11-32-16-24/h7-10,12-15,17-18,24,32H,5-6,11,16H2,1-4H3,(H,35,36,37). The first-order valence-electron chi connectivity index (χ1n) is 14.6. The Balaban J connectivity index is 1.26. The Morgan fingerprint density at radius 2 is 1.98 bits per heavy atom. The van der Waals surface area contributed by atoms with Crippen molar-refractivity contribution >= 4 is 39.7 Å². The van der Waals surface area contributed by atoms with Gasteiger partial charge in [-0.15, -0.1) is 11.3 Å². The van der Waals surface area contributed by atoms with E-state index in [4.69, 9.17) is 10.1 Å². The minimum Gasteiger partial charge on any atom is -0.370 e. The number of fused-ring (bicyclic) bond motifs is 1. The minimum atomic E-state index is -0.225. The summed E-state index contributed by atoms with van der Waals surface area (Å²) in [5, 5.41) is 14.6. The van der Waals surface area contributed by atoms with Crippen LogP contribution in [0.15, 0.2) is 65.4 Å². The molecular weight excluding hydrogens is 574 g/mol. The number of hydrogen-bond acceptors (Lipinski definition) is 10. The first kappa shape index (κ1) is 27.9. The molecular formula is C31H33N11OS. The van der Waals surface area contributed by atoms with Crippen molar-refractivity contribution in [2.75, 3.05) is 30.4 Å². The average Bonchev–Trinajstić information content (AvgIpc) is 3.78. The number of nitrogens with one attached hydrogen (secondary N) is 2. The summed E-state index contributed by atoms with van der Waals surface area (Å²) in [7, 11) is 4.06. The number of pyridine rings is 1. The van der Waals surface area contributed by atoms with E-state index in [1.54, 1.807) is 29.5 Å². The zero-order valence-corrected chi connectivity index (χ0v) is 25.8. The van der Waals surface area contributed by atoms with Crippen molar-refractivity contribution in [1.29, 1.82) is 0 Å². The quantitative estimate of drug-likeness (QED) is 0.272. The number of imidazole rings is 1. The van der Waals surface area contributed by atoms with Gasteiger partial charge in [0, 0.05) is 66.8 Å². The molecule has 6 heterocycles. The fraction of sp³-hybridized carbons (Fsp3) is 0.290. The maximum Gasteiger partial charge on any atom is 0.266 e. The number of rotatable bonds is 7. The third-order valence-corrected chi connectivity index (χ3v) is 9.03. The van der Waals surface area contributed by atoms with Crippen molar-refractivity contribution in [2.45, 2.75) is 32.7 Å². The minimum absolute atomic E-state index is 0.225. The summed E-state index contributed by atoms with van der Waals surface area (Å²) in [4.78, 5) is 34.7. The van der Waals surface area contributed by atoms with Gasteiger partial charge < -0.3 is 20.1 Å². The predicted molar refractivity (Wildman–Crippen MR) is 174 cm³/mol. The molecule has 224 valence electrons. The van der Waals surface area contributed by atoms with Gasteiger partial charge >= 0.3 is 0 Å². The molecule has 1 aliphatic rings. The van der Waals surface area contributed by atoms with E-state index >= 15 is 0 Å². The van der Waals surface area contributed by atoms with E-state index in [2.05, 4.69) is 49.7 Å². The molecule has 0 saturated carbocycles. The van der Waals surface area contributed by atoms with Gasteiger partial charge in [0.2, 0.25) is 5.95 Å². The molecule has 1 aromatic carbocycles. The lowest BCUT2D eigenvalue weighted by Crippen LogP contribution is -2.44. The summed E-state index contributed by atoms with van der Waals surface area (Å²) < 4.78 is 5.27. The first-order valence-corrected chi connectivity index (χ1v) is 15.4. The highest BCUT2D eigenvalue weighted by molar-refractivity contribution is 7.12. The van der Waals surface area contributed by atoms with Crippen molar-refractivity contribution in [3.63, 3.8) is 0 Å². The van der Waals surface area contributed by atoms with Crippen molar-refractivity contribution in [3.05, 3.63) is 82.4 Å². The monoisotopic (exact) mass is 607 g/mol. The molecule has 0 spiro atoms. The SMILES string of the molecule is Cc1nn(-c2cncn2C)c(C)c1-c1cc2cnc(Nc3ccc(N(C)C4CCCNC4)cc3)nc2n(-c2nccs2)c1=O. The van der Waals surface area contributed by atoms with E-state index in [0.29, 0.717) is 33.7 Å². The number of nitrogens with zero attached hydrogens (tertiary/aromatic N) is 9. The third kappa shape index (κ3) is 4.93. The van der Waals surface area contributed by atoms with Gasteiger partial charge in [-0.2, -0.15) is 10.1 Å². The van der Waals surface area contributed by atoms with Crippen LogP contribution in [-0.4, -0.2) is 65.0 Å². The molecule has 7 rings (SSSR count). The zero-order valence-electron chi connectivity index (χ0n) is 25.0. The third-order valence-electron chi connectivity index (χ3n) is 8.27. The molecule has 1 atom stereocenters. The van der Waals surface area contributed by atoms with Crippen LogP contribution in [0, 0.1) is 13.8 Å². The lowest BCUT2D eigenvalue weighted by molar-refractivity contribution is 0.445. The highest BCUT2D eigenvalue weighted by Gasteiger charge is 2.23. The van der Waals surface area contributed by atoms with Crippen molar-refractivity contribution in [2.24, 2.45) is 7.05 Å². The number of likely N-dealkylation sites (N-methyl/N-ethyl adjacent to an activating group) is 1. The molecule has 12 nitrogen and oxygen atoms in total. The molecule has 0 aliphatic carbocycles. The Bertz CT molecular complexity index is 2000. The van der Waals surface area contributed by atoms with Gasteiger partial charge in [-0.05, 0) is 63.6 Å². The number of piperidine rings is 1. The molecule has 2 N–H and O–H groups in total. The maximum atomic E-state index is 14.2. The van der Waals surface area contributed by atoms with Crippen molar-refractivity contribution in [3.8, 4) is 22.1 Å². The van der Waals surface area contributed by atoms with Crippen LogP contribution in [-0.2, 0) is 7.05 Å². The molecule has 1 saturated heterocycles. The van der Waals surface area contributed by atoms with Crippen LogP contribution in [0.25, 0.3) is 33.1 Å². The number of aryl methyl sites for hydroxylation is 2. The molecule has 5 aromatic heterocycles. The van der Waals surface area contributed by atoms with E-state index in [1.807, 2.05) is 53.7 Å². The van der Waals surface area contributed by atoms with Crippen LogP contribution in [0.3, 0.4) is 0 Å². The second kappa shape index (κ2) is 11.3. The van der Waals surface area contributed by atoms with Crippen LogP contribution >= 0.6 is 11.3 Å². The van der Waals surface area contributed by atoms with Crippen LogP contribution in [0.2, 0.25) is 0 Å². The summed E-state index contributed by atoms with van der Waals surface area (Å²) in [5.41, 5.74) is 5.11. The second-order valence-corrected chi connectivity index (χ2v) is 12.0. The largest absolute Gasteiger partial charge is 0.370 e. The number of anilines is 3. The Morgan fingerprint density at radius 1 is 1.14 bits per heavy atom. The summed E-state index contributed by atoms with van der Waals surface area (Å²) >= 11 is 1.38. The lowest BCUT2D eigenvalue weighted by Gasteiger charge is -2.33. The number of thiazole rings is 1. The summed E-state index contributed by atoms with van der Waals surface area (Å²) in [6, 6.07) is 10.6. The molecule has 44 heavy (non-hydrogen) atoms. The van der Waals surface area contributed by atoms with Gasteiger partial charge in [-0.1, -0.05) is 0 Å². The highest BCUT2D eigenvalue weighted by atomic mass is 32.1. The van der Waals surface area contributed by atoms with E-state index < -0.39 is 0 Å². The van der Waals surface area contributed by atoms with Crippen LogP contribution in [0.5, 0.6) is 0 Å². The second-order valence-electron chi connectivity index (χ2n) is 11.1. The normalized spacial score (nSPS) is 15.1. The van der Waals surface area contributed by atoms with Gasteiger partial charge in [0.05, 0.1) is 29.5 Å². The molecule has 0 radical (unpaired) electrons. The topological polar surface area (TPSA) is 124 Å². The van der Waals surface area contributed by atoms with Gasteiger partial charge in [0.15, 0.2) is 16.6 Å².